The van der Waals surface area contributed by atoms with E-state index in [0.717, 1.165) is 17.4 Å². The van der Waals surface area contributed by atoms with Gasteiger partial charge in [0.25, 0.3) is 5.69 Å². The molecule has 2 aromatic carbocycles. The minimum atomic E-state index is -4.62. The first kappa shape index (κ1) is 20.9. The van der Waals surface area contributed by atoms with Crippen LogP contribution in [0.3, 0.4) is 0 Å². The number of nitro groups is 1. The summed E-state index contributed by atoms with van der Waals surface area (Å²) in [6.07, 6.45) is -4.62. The lowest BCUT2D eigenvalue weighted by Crippen LogP contribution is -2.46. The molecule has 0 bridgehead atoms. The lowest BCUT2D eigenvalue weighted by atomic mass is 10.1. The second-order valence-electron chi connectivity index (χ2n) is 6.76. The zero-order chi connectivity index (χ0) is 21.0. The van der Waals surface area contributed by atoms with Gasteiger partial charge in [-0.25, -0.2) is 0 Å². The Morgan fingerprint density at radius 3 is 2.41 bits per heavy atom. The van der Waals surface area contributed by atoms with Crippen molar-refractivity contribution in [3.05, 3.63) is 63.7 Å². The largest absolute Gasteiger partial charge is 0.494 e. The maximum Gasteiger partial charge on any atom is 0.416 e. The summed E-state index contributed by atoms with van der Waals surface area (Å²) >= 11 is 0. The third-order valence-electron chi connectivity index (χ3n) is 4.88. The molecule has 29 heavy (non-hydrogen) atoms. The molecule has 0 N–H and O–H groups in total. The number of alkyl halides is 3. The van der Waals surface area contributed by atoms with Gasteiger partial charge in [-0.05, 0) is 25.1 Å². The molecule has 1 aliphatic heterocycles. The number of nitro benzene ring substituents is 1. The molecule has 1 aliphatic rings. The van der Waals surface area contributed by atoms with Gasteiger partial charge in [0.05, 0.1) is 17.1 Å². The molecule has 1 heterocycles. The summed E-state index contributed by atoms with van der Waals surface area (Å²) < 4.78 is 44.3. The Morgan fingerprint density at radius 2 is 1.79 bits per heavy atom. The van der Waals surface area contributed by atoms with Gasteiger partial charge in [0.15, 0.2) is 0 Å². The van der Waals surface area contributed by atoms with Crippen LogP contribution in [0.2, 0.25) is 0 Å². The van der Waals surface area contributed by atoms with Gasteiger partial charge >= 0.3 is 6.18 Å². The van der Waals surface area contributed by atoms with Crippen molar-refractivity contribution in [2.24, 2.45) is 0 Å². The number of nitrogens with zero attached hydrogens (tertiary/aromatic N) is 3. The highest BCUT2D eigenvalue weighted by molar-refractivity contribution is 5.65. The Hall–Kier alpha value is -2.81. The van der Waals surface area contributed by atoms with Crippen molar-refractivity contribution < 1.29 is 22.8 Å². The number of halogens is 3. The van der Waals surface area contributed by atoms with Gasteiger partial charge in [0.2, 0.25) is 0 Å². The summed E-state index contributed by atoms with van der Waals surface area (Å²) in [7, 11) is 0. The van der Waals surface area contributed by atoms with Gasteiger partial charge in [0.1, 0.15) is 11.4 Å². The highest BCUT2D eigenvalue weighted by Gasteiger charge is 2.34. The quantitative estimate of drug-likeness (QED) is 0.525. The fourth-order valence-corrected chi connectivity index (χ4v) is 3.43. The lowest BCUT2D eigenvalue weighted by Gasteiger charge is -2.36. The Kier molecular flexibility index (Phi) is 6.26. The average molecular weight is 409 g/mol. The predicted molar refractivity (Wildman–Crippen MR) is 103 cm³/mol. The predicted octanol–water partition coefficient (Wildman–Crippen LogP) is 4.33. The summed E-state index contributed by atoms with van der Waals surface area (Å²) in [5, 5.41) is 11.3. The van der Waals surface area contributed by atoms with E-state index in [1.807, 2.05) is 31.2 Å². The summed E-state index contributed by atoms with van der Waals surface area (Å²) in [6.45, 7) is 5.43. The van der Waals surface area contributed by atoms with Gasteiger partial charge in [-0.15, -0.1) is 0 Å². The van der Waals surface area contributed by atoms with Crippen LogP contribution in [-0.2, 0) is 12.7 Å². The molecule has 0 aromatic heterocycles. The number of hydrogen-bond donors (Lipinski definition) is 0. The molecule has 3 rings (SSSR count). The van der Waals surface area contributed by atoms with Gasteiger partial charge in [-0.2, -0.15) is 13.2 Å². The summed E-state index contributed by atoms with van der Waals surface area (Å²) in [5.74, 6) is 0.829. The van der Waals surface area contributed by atoms with Crippen LogP contribution in [0.15, 0.2) is 42.5 Å². The van der Waals surface area contributed by atoms with E-state index >= 15 is 0 Å². The normalized spacial score (nSPS) is 15.4. The maximum absolute atomic E-state index is 12.9. The highest BCUT2D eigenvalue weighted by Crippen LogP contribution is 2.36. The van der Waals surface area contributed by atoms with E-state index in [1.165, 1.54) is 6.07 Å². The van der Waals surface area contributed by atoms with Crippen LogP contribution >= 0.6 is 0 Å². The molecule has 156 valence electrons. The van der Waals surface area contributed by atoms with Crippen molar-refractivity contribution in [1.82, 2.24) is 4.90 Å². The molecule has 0 aliphatic carbocycles. The highest BCUT2D eigenvalue weighted by atomic mass is 19.4. The van der Waals surface area contributed by atoms with E-state index < -0.39 is 22.4 Å². The Bertz CT molecular complexity index is 866. The van der Waals surface area contributed by atoms with Crippen molar-refractivity contribution in [1.29, 1.82) is 0 Å². The number of ether oxygens (including phenoxy) is 1. The van der Waals surface area contributed by atoms with Crippen molar-refractivity contribution in [3.8, 4) is 5.75 Å². The number of rotatable bonds is 6. The Labute approximate surface area is 166 Å². The minimum Gasteiger partial charge on any atom is -0.494 e. The van der Waals surface area contributed by atoms with E-state index in [9.17, 15) is 23.3 Å². The van der Waals surface area contributed by atoms with Crippen LogP contribution in [-0.4, -0.2) is 42.6 Å². The second-order valence-corrected chi connectivity index (χ2v) is 6.76. The molecule has 9 heteroatoms. The van der Waals surface area contributed by atoms with Crippen LogP contribution in [0.5, 0.6) is 5.75 Å². The van der Waals surface area contributed by atoms with Crippen molar-refractivity contribution in [2.75, 3.05) is 37.7 Å². The molecule has 0 saturated carbocycles. The Morgan fingerprint density at radius 1 is 1.10 bits per heavy atom. The van der Waals surface area contributed by atoms with E-state index in [-0.39, 0.29) is 5.69 Å². The molecular formula is C20H22F3N3O3. The van der Waals surface area contributed by atoms with Crippen molar-refractivity contribution in [3.63, 3.8) is 0 Å². The van der Waals surface area contributed by atoms with E-state index in [1.54, 1.807) is 4.90 Å². The van der Waals surface area contributed by atoms with Crippen LogP contribution < -0.4 is 9.64 Å². The van der Waals surface area contributed by atoms with Gasteiger partial charge in [-0.1, -0.05) is 18.2 Å². The fourth-order valence-electron chi connectivity index (χ4n) is 3.43. The third-order valence-corrected chi connectivity index (χ3v) is 4.88. The van der Waals surface area contributed by atoms with Crippen LogP contribution in [0.1, 0.15) is 18.1 Å². The summed E-state index contributed by atoms with van der Waals surface area (Å²) in [4.78, 5) is 14.5. The van der Waals surface area contributed by atoms with Crippen molar-refractivity contribution >= 4 is 11.4 Å². The zero-order valence-electron chi connectivity index (χ0n) is 16.0. The molecular weight excluding hydrogens is 387 g/mol. The molecule has 1 fully saturated rings. The Balaban J connectivity index is 1.70. The van der Waals surface area contributed by atoms with E-state index in [0.29, 0.717) is 45.4 Å². The van der Waals surface area contributed by atoms with Gasteiger partial charge in [-0.3, -0.25) is 15.0 Å². The number of hydrogen-bond acceptors (Lipinski definition) is 5. The van der Waals surface area contributed by atoms with E-state index in [2.05, 4.69) is 4.90 Å². The molecule has 0 unspecified atom stereocenters. The monoisotopic (exact) mass is 409 g/mol. The topological polar surface area (TPSA) is 58.8 Å². The number of piperazine rings is 1. The molecule has 1 saturated heterocycles. The number of benzene rings is 2. The minimum absolute atomic E-state index is 0.220. The maximum atomic E-state index is 12.9. The first-order valence-corrected chi connectivity index (χ1v) is 9.33. The SMILES string of the molecule is CCOc1ccccc1CN1CCN(c2ccc(C(F)(F)F)cc2[N+](=O)[O-])CC1. The molecule has 6 nitrogen and oxygen atoms in total. The van der Waals surface area contributed by atoms with Gasteiger partial charge < -0.3 is 9.64 Å². The first-order chi connectivity index (χ1) is 13.8. The number of anilines is 1. The second kappa shape index (κ2) is 8.69. The van der Waals surface area contributed by atoms with Crippen LogP contribution in [0, 0.1) is 10.1 Å². The molecule has 2 aromatic rings. The third kappa shape index (κ3) is 4.97. The molecule has 0 amide bonds. The smallest absolute Gasteiger partial charge is 0.416 e. The van der Waals surface area contributed by atoms with Crippen LogP contribution in [0.4, 0.5) is 24.5 Å². The van der Waals surface area contributed by atoms with Gasteiger partial charge in [0, 0.05) is 44.4 Å². The van der Waals surface area contributed by atoms with Crippen LogP contribution in [0.25, 0.3) is 0 Å². The van der Waals surface area contributed by atoms with Crippen molar-refractivity contribution in [2.45, 2.75) is 19.6 Å². The summed E-state index contributed by atoms with van der Waals surface area (Å²) in [6, 6.07) is 10.5. The zero-order valence-corrected chi connectivity index (χ0v) is 16.0. The molecule has 0 atom stereocenters. The first-order valence-electron chi connectivity index (χ1n) is 9.33. The average Bonchev–Trinajstić information content (AvgIpc) is 2.69. The lowest BCUT2D eigenvalue weighted by molar-refractivity contribution is -0.384. The molecule has 0 spiro atoms. The fraction of sp³-hybridized carbons (Fsp3) is 0.400. The summed E-state index contributed by atoms with van der Waals surface area (Å²) in [5.41, 5.74) is -0.255. The van der Waals surface area contributed by atoms with E-state index in [4.69, 9.17) is 4.74 Å². The standard InChI is InChI=1S/C20H22F3N3O3/c1-2-29-19-6-4-3-5-15(19)14-24-9-11-25(12-10-24)17-8-7-16(20(21,22)23)13-18(17)26(27)28/h3-8,13H,2,9-12,14H2,1H3. The molecule has 0 radical (unpaired) electrons. The number of para-hydroxylation sites is 1.